The quantitative estimate of drug-likeness (QED) is 0.872. The second-order valence-corrected chi connectivity index (χ2v) is 5.33. The number of ether oxygens (including phenoxy) is 1. The number of anilines is 1. The van der Waals surface area contributed by atoms with E-state index in [0.717, 1.165) is 35.4 Å². The van der Waals surface area contributed by atoms with Gasteiger partial charge >= 0.3 is 0 Å². The third-order valence-corrected chi connectivity index (χ3v) is 3.53. The molecule has 1 aromatic heterocycles. The van der Waals surface area contributed by atoms with E-state index in [1.165, 1.54) is 5.56 Å². The number of nitrogens with one attached hydrogen (secondary N) is 1. The number of nitrogen functional groups attached to an aromatic ring is 1. The van der Waals surface area contributed by atoms with Crippen LogP contribution in [-0.4, -0.2) is 17.3 Å². The van der Waals surface area contributed by atoms with Crippen molar-refractivity contribution < 1.29 is 4.74 Å². The molecule has 2 aromatic rings. The number of aromatic nitrogens is 2. The summed E-state index contributed by atoms with van der Waals surface area (Å²) in [5.74, 6) is 1.83. The first-order valence-corrected chi connectivity index (χ1v) is 7.09. The zero-order valence-electron chi connectivity index (χ0n) is 12.7. The van der Waals surface area contributed by atoms with Gasteiger partial charge in [-0.2, -0.15) is 5.10 Å². The highest BCUT2D eigenvalue weighted by atomic mass is 16.5. The van der Waals surface area contributed by atoms with E-state index in [1.54, 1.807) is 7.11 Å². The smallest absolute Gasteiger partial charge is 0.153 e. The lowest BCUT2D eigenvalue weighted by Crippen LogP contribution is -1.97. The molecule has 108 valence electrons. The minimum absolute atomic E-state index is 0.461. The van der Waals surface area contributed by atoms with E-state index in [-0.39, 0.29) is 0 Å². The normalized spacial score (nSPS) is 11.1. The molecule has 1 heterocycles. The lowest BCUT2D eigenvalue weighted by Gasteiger charge is -2.13. The third-order valence-electron chi connectivity index (χ3n) is 3.53. The van der Waals surface area contributed by atoms with Gasteiger partial charge in [-0.25, -0.2) is 0 Å². The number of benzene rings is 1. The van der Waals surface area contributed by atoms with E-state index in [4.69, 9.17) is 10.5 Å². The molecule has 0 aliphatic carbocycles. The van der Waals surface area contributed by atoms with Gasteiger partial charge in [0, 0.05) is 11.3 Å². The van der Waals surface area contributed by atoms with E-state index < -0.39 is 0 Å². The number of aromatic amines is 1. The molecule has 0 spiro atoms. The van der Waals surface area contributed by atoms with Crippen LogP contribution >= 0.6 is 0 Å². The molecule has 1 aromatic carbocycles. The molecule has 0 unspecified atom stereocenters. The average molecular weight is 273 g/mol. The largest absolute Gasteiger partial charge is 0.496 e. The first kappa shape index (κ1) is 14.4. The van der Waals surface area contributed by atoms with Gasteiger partial charge in [-0.3, -0.25) is 5.10 Å². The van der Waals surface area contributed by atoms with Crippen LogP contribution in [0.3, 0.4) is 0 Å². The first-order valence-electron chi connectivity index (χ1n) is 7.09. The fourth-order valence-corrected chi connectivity index (χ4v) is 2.41. The summed E-state index contributed by atoms with van der Waals surface area (Å²) in [5.41, 5.74) is 10.4. The molecule has 0 atom stereocenters. The molecule has 4 heteroatoms. The molecule has 0 saturated heterocycles. The van der Waals surface area contributed by atoms with Crippen LogP contribution in [0.5, 0.6) is 5.75 Å². The summed E-state index contributed by atoms with van der Waals surface area (Å²) in [5, 5.41) is 7.20. The maximum atomic E-state index is 6.06. The molecular weight excluding hydrogens is 250 g/mol. The van der Waals surface area contributed by atoms with Crippen molar-refractivity contribution in [3.63, 3.8) is 0 Å². The van der Waals surface area contributed by atoms with E-state index in [2.05, 4.69) is 43.1 Å². The third kappa shape index (κ3) is 2.64. The topological polar surface area (TPSA) is 63.9 Å². The zero-order chi connectivity index (χ0) is 14.7. The number of hydrogen-bond donors (Lipinski definition) is 2. The molecule has 20 heavy (non-hydrogen) atoms. The van der Waals surface area contributed by atoms with Gasteiger partial charge in [-0.05, 0) is 30.0 Å². The molecule has 2 rings (SSSR count). The van der Waals surface area contributed by atoms with Gasteiger partial charge in [0.15, 0.2) is 5.82 Å². The maximum absolute atomic E-state index is 6.06. The summed E-state index contributed by atoms with van der Waals surface area (Å²) in [7, 11) is 1.68. The molecule has 3 N–H and O–H groups in total. The van der Waals surface area contributed by atoms with Crippen LogP contribution in [-0.2, 0) is 6.42 Å². The SMILES string of the molecule is CCCc1[nH]nc(N)c1-c1cc(C(C)C)ccc1OC. The maximum Gasteiger partial charge on any atom is 0.153 e. The average Bonchev–Trinajstić information content (AvgIpc) is 2.79. The fraction of sp³-hybridized carbons (Fsp3) is 0.438. The summed E-state index contributed by atoms with van der Waals surface area (Å²) in [6.45, 7) is 6.50. The predicted octanol–water partition coefficient (Wildman–Crippen LogP) is 3.74. The standard InChI is InChI=1S/C16H23N3O/c1-5-6-13-15(16(17)19-18-13)12-9-11(10(2)3)7-8-14(12)20-4/h7-10H,5-6H2,1-4H3,(H3,17,18,19). The molecule has 0 radical (unpaired) electrons. The number of aryl methyl sites for hydroxylation is 1. The molecule has 0 aliphatic heterocycles. The van der Waals surface area contributed by atoms with Crippen molar-refractivity contribution in [2.24, 2.45) is 0 Å². The van der Waals surface area contributed by atoms with E-state index in [1.807, 2.05) is 6.07 Å². The van der Waals surface area contributed by atoms with Crippen LogP contribution < -0.4 is 10.5 Å². The lowest BCUT2D eigenvalue weighted by atomic mass is 9.95. The molecule has 4 nitrogen and oxygen atoms in total. The Bertz CT molecular complexity index is 587. The van der Waals surface area contributed by atoms with Crippen molar-refractivity contribution in [1.82, 2.24) is 10.2 Å². The number of hydrogen-bond acceptors (Lipinski definition) is 3. The summed E-state index contributed by atoms with van der Waals surface area (Å²) < 4.78 is 5.49. The highest BCUT2D eigenvalue weighted by molar-refractivity contribution is 5.81. The number of rotatable bonds is 5. The van der Waals surface area contributed by atoms with Crippen LogP contribution in [0.1, 0.15) is 44.4 Å². The monoisotopic (exact) mass is 273 g/mol. The van der Waals surface area contributed by atoms with Gasteiger partial charge in [0.2, 0.25) is 0 Å². The highest BCUT2D eigenvalue weighted by Crippen LogP contribution is 2.37. The highest BCUT2D eigenvalue weighted by Gasteiger charge is 2.17. The van der Waals surface area contributed by atoms with Crippen molar-refractivity contribution >= 4 is 5.82 Å². The summed E-state index contributed by atoms with van der Waals surface area (Å²) in [6, 6.07) is 6.26. The van der Waals surface area contributed by atoms with Crippen LogP contribution in [0.25, 0.3) is 11.1 Å². The van der Waals surface area contributed by atoms with Crippen molar-refractivity contribution in [3.05, 3.63) is 29.5 Å². The fourth-order valence-electron chi connectivity index (χ4n) is 2.41. The number of nitrogens with two attached hydrogens (primary N) is 1. The molecular formula is C16H23N3O. The second-order valence-electron chi connectivity index (χ2n) is 5.33. The van der Waals surface area contributed by atoms with Gasteiger partial charge < -0.3 is 10.5 Å². The van der Waals surface area contributed by atoms with Crippen molar-refractivity contribution in [3.8, 4) is 16.9 Å². The van der Waals surface area contributed by atoms with Crippen LogP contribution in [0.4, 0.5) is 5.82 Å². The lowest BCUT2D eigenvalue weighted by molar-refractivity contribution is 0.416. The molecule has 0 amide bonds. The van der Waals surface area contributed by atoms with Gasteiger partial charge in [0.05, 0.1) is 12.7 Å². The van der Waals surface area contributed by atoms with Crippen molar-refractivity contribution in [1.29, 1.82) is 0 Å². The zero-order valence-corrected chi connectivity index (χ0v) is 12.7. The Morgan fingerprint density at radius 1 is 1.35 bits per heavy atom. The Morgan fingerprint density at radius 3 is 2.70 bits per heavy atom. The van der Waals surface area contributed by atoms with E-state index in [0.29, 0.717) is 11.7 Å². The van der Waals surface area contributed by atoms with Gasteiger partial charge in [-0.1, -0.05) is 33.3 Å². The van der Waals surface area contributed by atoms with Crippen LogP contribution in [0, 0.1) is 0 Å². The minimum atomic E-state index is 0.461. The number of H-pyrrole nitrogens is 1. The summed E-state index contributed by atoms with van der Waals surface area (Å²) in [4.78, 5) is 0. The minimum Gasteiger partial charge on any atom is -0.496 e. The number of methoxy groups -OCH3 is 1. The Labute approximate surface area is 120 Å². The Kier molecular flexibility index (Phi) is 4.32. The van der Waals surface area contributed by atoms with E-state index in [9.17, 15) is 0 Å². The van der Waals surface area contributed by atoms with Crippen LogP contribution in [0.2, 0.25) is 0 Å². The van der Waals surface area contributed by atoms with Crippen LogP contribution in [0.15, 0.2) is 18.2 Å². The molecule has 0 fully saturated rings. The van der Waals surface area contributed by atoms with Crippen molar-refractivity contribution in [2.75, 3.05) is 12.8 Å². The molecule has 0 bridgehead atoms. The molecule has 0 saturated carbocycles. The number of nitrogens with zero attached hydrogens (tertiary/aromatic N) is 1. The Morgan fingerprint density at radius 2 is 2.10 bits per heavy atom. The van der Waals surface area contributed by atoms with Gasteiger partial charge in [-0.15, -0.1) is 0 Å². The van der Waals surface area contributed by atoms with Gasteiger partial charge in [0.1, 0.15) is 5.75 Å². The summed E-state index contributed by atoms with van der Waals surface area (Å²) >= 11 is 0. The second kappa shape index (κ2) is 5.99. The van der Waals surface area contributed by atoms with Gasteiger partial charge in [0.25, 0.3) is 0 Å². The van der Waals surface area contributed by atoms with Crippen molar-refractivity contribution in [2.45, 2.75) is 39.5 Å². The van der Waals surface area contributed by atoms with E-state index >= 15 is 0 Å². The molecule has 0 aliphatic rings. The summed E-state index contributed by atoms with van der Waals surface area (Å²) in [6.07, 6.45) is 1.97. The predicted molar refractivity (Wildman–Crippen MR) is 83.1 cm³/mol. The first-order chi connectivity index (χ1) is 9.58. The Balaban J connectivity index is 2.60. The Hall–Kier alpha value is -1.97.